The first-order chi connectivity index (χ1) is 14.9. The molecule has 1 saturated carbocycles. The van der Waals surface area contributed by atoms with Crippen molar-refractivity contribution in [2.45, 2.75) is 76.4 Å². The van der Waals surface area contributed by atoms with Crippen LogP contribution in [0.15, 0.2) is 30.3 Å². The molecular weight excluding hydrogens is 392 g/mol. The monoisotopic (exact) mass is 426 g/mol. The summed E-state index contributed by atoms with van der Waals surface area (Å²) in [5, 5.41) is 0. The summed E-state index contributed by atoms with van der Waals surface area (Å²) in [4.78, 5) is 43.5. The zero-order chi connectivity index (χ0) is 22.0. The zero-order valence-electron chi connectivity index (χ0n) is 18.7. The van der Waals surface area contributed by atoms with Crippen LogP contribution in [0.2, 0.25) is 0 Å². The molecule has 31 heavy (non-hydrogen) atoms. The second-order valence-corrected chi connectivity index (χ2v) is 9.67. The number of carbonyl (C=O) groups is 3. The first-order valence-electron chi connectivity index (χ1n) is 11.7. The van der Waals surface area contributed by atoms with E-state index in [4.69, 9.17) is 4.74 Å². The molecule has 3 fully saturated rings. The first-order valence-corrected chi connectivity index (χ1v) is 11.7. The molecular formula is C25H34N2O4. The maximum atomic E-state index is 13.8. The lowest BCUT2D eigenvalue weighted by Crippen LogP contribution is -2.51. The van der Waals surface area contributed by atoms with Gasteiger partial charge in [0.05, 0.1) is 17.6 Å². The minimum absolute atomic E-state index is 0.0300. The molecule has 2 saturated heterocycles. The van der Waals surface area contributed by atoms with Crippen LogP contribution in [0.4, 0.5) is 0 Å². The van der Waals surface area contributed by atoms with Crippen LogP contribution < -0.4 is 0 Å². The third-order valence-electron chi connectivity index (χ3n) is 7.13. The van der Waals surface area contributed by atoms with Gasteiger partial charge in [0.25, 0.3) is 0 Å². The molecule has 2 heterocycles. The molecule has 168 valence electrons. The summed E-state index contributed by atoms with van der Waals surface area (Å²) in [7, 11) is 0. The number of ether oxygens (including phenoxy) is 1. The topological polar surface area (TPSA) is 66.9 Å². The number of benzene rings is 1. The molecule has 3 aliphatic rings. The summed E-state index contributed by atoms with van der Waals surface area (Å²) in [6, 6.07) is 9.41. The van der Waals surface area contributed by atoms with E-state index in [1.165, 1.54) is 11.3 Å². The fraction of sp³-hybridized carbons (Fsp3) is 0.640. The van der Waals surface area contributed by atoms with Crippen LogP contribution in [-0.4, -0.2) is 59.4 Å². The Morgan fingerprint density at radius 2 is 1.68 bits per heavy atom. The van der Waals surface area contributed by atoms with Crippen molar-refractivity contribution in [3.63, 3.8) is 0 Å². The van der Waals surface area contributed by atoms with Gasteiger partial charge in [-0.15, -0.1) is 0 Å². The largest absolute Gasteiger partial charge is 0.372 e. The Labute approximate surface area is 184 Å². The summed E-state index contributed by atoms with van der Waals surface area (Å²) >= 11 is 0. The van der Waals surface area contributed by atoms with E-state index < -0.39 is 5.41 Å². The van der Waals surface area contributed by atoms with E-state index in [0.717, 1.165) is 31.2 Å². The lowest BCUT2D eigenvalue weighted by Gasteiger charge is -2.37. The summed E-state index contributed by atoms with van der Waals surface area (Å²) in [5.41, 5.74) is -0.336. The van der Waals surface area contributed by atoms with Gasteiger partial charge in [-0.05, 0) is 38.2 Å². The number of nitrogens with zero attached hydrogens (tertiary/aromatic N) is 2. The van der Waals surface area contributed by atoms with Gasteiger partial charge in [0.15, 0.2) is 0 Å². The van der Waals surface area contributed by atoms with Crippen LogP contribution in [0.1, 0.15) is 64.4 Å². The van der Waals surface area contributed by atoms with Gasteiger partial charge in [-0.3, -0.25) is 19.3 Å². The molecule has 0 spiro atoms. The van der Waals surface area contributed by atoms with Crippen molar-refractivity contribution in [2.24, 2.45) is 5.92 Å². The minimum atomic E-state index is -1.10. The molecule has 3 atom stereocenters. The molecule has 4 rings (SSSR count). The van der Waals surface area contributed by atoms with E-state index in [9.17, 15) is 14.4 Å². The van der Waals surface area contributed by atoms with Crippen LogP contribution in [0, 0.1) is 5.92 Å². The first kappa shape index (κ1) is 22.0. The Hall–Kier alpha value is -2.21. The predicted octanol–water partition coefficient (Wildman–Crippen LogP) is 3.29. The molecule has 1 aliphatic carbocycles. The number of carbonyl (C=O) groups excluding carboxylic acids is 3. The lowest BCUT2D eigenvalue weighted by molar-refractivity contribution is -0.148. The maximum Gasteiger partial charge on any atom is 0.240 e. The normalized spacial score (nSPS) is 30.1. The average molecular weight is 427 g/mol. The van der Waals surface area contributed by atoms with Gasteiger partial charge in [0, 0.05) is 32.5 Å². The van der Waals surface area contributed by atoms with Crippen molar-refractivity contribution in [1.82, 2.24) is 9.80 Å². The Kier molecular flexibility index (Phi) is 6.47. The lowest BCUT2D eigenvalue weighted by atomic mass is 9.75. The Morgan fingerprint density at radius 1 is 1.03 bits per heavy atom. The van der Waals surface area contributed by atoms with E-state index in [1.807, 2.05) is 44.2 Å². The molecule has 0 bridgehead atoms. The molecule has 6 heteroatoms. The summed E-state index contributed by atoms with van der Waals surface area (Å²) in [6.45, 7) is 5.44. The molecule has 0 aromatic heterocycles. The van der Waals surface area contributed by atoms with Crippen LogP contribution in [0.3, 0.4) is 0 Å². The van der Waals surface area contributed by atoms with Gasteiger partial charge >= 0.3 is 0 Å². The second-order valence-electron chi connectivity index (χ2n) is 9.67. The SMILES string of the molecule is C[C@@H]1CN(C(=O)CC2(c3ccccc3)CC(=O)N(CC3CCCCC3)C2=O)C[C@H](C)O1. The summed E-state index contributed by atoms with van der Waals surface area (Å²) in [6.07, 6.45) is 5.72. The average Bonchev–Trinajstić information content (AvgIpc) is 2.99. The molecule has 3 amide bonds. The Morgan fingerprint density at radius 3 is 2.32 bits per heavy atom. The van der Waals surface area contributed by atoms with Crippen LogP contribution in [0.25, 0.3) is 0 Å². The van der Waals surface area contributed by atoms with Crippen molar-refractivity contribution in [1.29, 1.82) is 0 Å². The zero-order valence-corrected chi connectivity index (χ0v) is 18.7. The third kappa shape index (κ3) is 4.54. The van der Waals surface area contributed by atoms with Gasteiger partial charge in [-0.2, -0.15) is 0 Å². The fourth-order valence-corrected chi connectivity index (χ4v) is 5.59. The molecule has 0 radical (unpaired) electrons. The van der Waals surface area contributed by atoms with Crippen molar-refractivity contribution in [3.8, 4) is 0 Å². The van der Waals surface area contributed by atoms with Crippen LogP contribution in [-0.2, 0) is 24.5 Å². The fourth-order valence-electron chi connectivity index (χ4n) is 5.59. The second kappa shape index (κ2) is 9.11. The van der Waals surface area contributed by atoms with Gasteiger partial charge < -0.3 is 9.64 Å². The molecule has 6 nitrogen and oxygen atoms in total. The molecule has 1 unspecified atom stereocenters. The number of morpholine rings is 1. The van der Waals surface area contributed by atoms with Crippen LogP contribution in [0.5, 0.6) is 0 Å². The third-order valence-corrected chi connectivity index (χ3v) is 7.13. The van der Waals surface area contributed by atoms with E-state index in [2.05, 4.69) is 0 Å². The number of rotatable bonds is 5. The van der Waals surface area contributed by atoms with Gasteiger partial charge in [0.1, 0.15) is 0 Å². The highest BCUT2D eigenvalue weighted by molar-refractivity contribution is 6.10. The Balaban J connectivity index is 1.59. The number of amides is 3. The standard InChI is InChI=1S/C25H34N2O4/c1-18-15-26(16-19(2)31-18)22(28)13-25(21-11-7-4-8-12-21)14-23(29)27(24(25)30)17-20-9-5-3-6-10-20/h4,7-8,11-12,18-20H,3,5-6,9-10,13-17H2,1-2H3/t18-,19+,25?. The van der Waals surface area contributed by atoms with E-state index in [0.29, 0.717) is 25.6 Å². The number of hydrogen-bond acceptors (Lipinski definition) is 4. The highest BCUT2D eigenvalue weighted by Crippen LogP contribution is 2.41. The smallest absolute Gasteiger partial charge is 0.240 e. The highest BCUT2D eigenvalue weighted by Gasteiger charge is 2.54. The van der Waals surface area contributed by atoms with Gasteiger partial charge in [0.2, 0.25) is 17.7 Å². The molecule has 1 aromatic carbocycles. The maximum absolute atomic E-state index is 13.8. The van der Waals surface area contributed by atoms with Crippen LogP contribution >= 0.6 is 0 Å². The van der Waals surface area contributed by atoms with Crippen molar-refractivity contribution in [3.05, 3.63) is 35.9 Å². The van der Waals surface area contributed by atoms with Crippen molar-refractivity contribution in [2.75, 3.05) is 19.6 Å². The van der Waals surface area contributed by atoms with Gasteiger partial charge in [-0.25, -0.2) is 0 Å². The van der Waals surface area contributed by atoms with E-state index >= 15 is 0 Å². The minimum Gasteiger partial charge on any atom is -0.372 e. The van der Waals surface area contributed by atoms with E-state index in [-0.39, 0.29) is 42.8 Å². The number of imide groups is 1. The highest BCUT2D eigenvalue weighted by atomic mass is 16.5. The molecule has 1 aromatic rings. The summed E-state index contributed by atoms with van der Waals surface area (Å²) < 4.78 is 5.76. The van der Waals surface area contributed by atoms with Gasteiger partial charge in [-0.1, -0.05) is 49.6 Å². The van der Waals surface area contributed by atoms with E-state index in [1.54, 1.807) is 4.90 Å². The number of hydrogen-bond donors (Lipinski definition) is 0. The predicted molar refractivity (Wildman–Crippen MR) is 117 cm³/mol. The molecule has 0 N–H and O–H groups in total. The van der Waals surface area contributed by atoms with Crippen molar-refractivity contribution < 1.29 is 19.1 Å². The quantitative estimate of drug-likeness (QED) is 0.678. The van der Waals surface area contributed by atoms with Crippen molar-refractivity contribution >= 4 is 17.7 Å². The Bertz CT molecular complexity index is 810. The summed E-state index contributed by atoms with van der Waals surface area (Å²) in [5.74, 6) is -0.0377. The molecule has 2 aliphatic heterocycles. The number of likely N-dealkylation sites (tertiary alicyclic amines) is 1.